The first-order chi connectivity index (χ1) is 12.8. The van der Waals surface area contributed by atoms with Crippen LogP contribution in [0.3, 0.4) is 0 Å². The third-order valence-corrected chi connectivity index (χ3v) is 6.04. The van der Waals surface area contributed by atoms with E-state index >= 15 is 0 Å². The van der Waals surface area contributed by atoms with Crippen LogP contribution < -0.4 is 0 Å². The van der Waals surface area contributed by atoms with Crippen LogP contribution in [0.2, 0.25) is 0 Å². The summed E-state index contributed by atoms with van der Waals surface area (Å²) in [6.07, 6.45) is 6.20. The lowest BCUT2D eigenvalue weighted by molar-refractivity contribution is -0.116. The van der Waals surface area contributed by atoms with Crippen LogP contribution in [0.5, 0.6) is 0 Å². The third kappa shape index (κ3) is 4.60. The Morgan fingerprint density at radius 2 is 1.89 bits per heavy atom. The zero-order valence-electron chi connectivity index (χ0n) is 16.9. The van der Waals surface area contributed by atoms with E-state index in [9.17, 15) is 9.59 Å². The van der Waals surface area contributed by atoms with Crippen molar-refractivity contribution in [3.05, 3.63) is 47.7 Å². The van der Waals surface area contributed by atoms with Crippen LogP contribution in [0.1, 0.15) is 63.6 Å². The SMILES string of the molecule is Cc1ccc([C@@H]2CC(=O)C=CN2C(=O)O[C@@H]2C[C@H](C)CC[C@H]2C(C)C)cc1. The molecule has 0 saturated heterocycles. The van der Waals surface area contributed by atoms with Crippen molar-refractivity contribution in [1.29, 1.82) is 0 Å². The number of amides is 1. The van der Waals surface area contributed by atoms with Crippen LogP contribution in [0, 0.1) is 24.7 Å². The monoisotopic (exact) mass is 369 g/mol. The Balaban J connectivity index is 1.79. The molecule has 1 aliphatic carbocycles. The van der Waals surface area contributed by atoms with Crippen LogP contribution in [0.25, 0.3) is 0 Å². The summed E-state index contributed by atoms with van der Waals surface area (Å²) in [6, 6.07) is 7.71. The molecule has 1 saturated carbocycles. The number of hydrogen-bond acceptors (Lipinski definition) is 3. The van der Waals surface area contributed by atoms with Crippen molar-refractivity contribution in [2.75, 3.05) is 0 Å². The van der Waals surface area contributed by atoms with E-state index in [-0.39, 0.29) is 24.0 Å². The number of carbonyl (C=O) groups excluding carboxylic acids is 2. The molecule has 146 valence electrons. The molecule has 0 aromatic heterocycles. The molecular formula is C23H31NO3. The van der Waals surface area contributed by atoms with Gasteiger partial charge in [0, 0.05) is 12.6 Å². The fourth-order valence-corrected chi connectivity index (χ4v) is 4.32. The van der Waals surface area contributed by atoms with Crippen LogP contribution in [-0.4, -0.2) is 22.9 Å². The van der Waals surface area contributed by atoms with E-state index < -0.39 is 0 Å². The van der Waals surface area contributed by atoms with E-state index in [1.54, 1.807) is 11.1 Å². The van der Waals surface area contributed by atoms with Crippen LogP contribution >= 0.6 is 0 Å². The number of ketones is 1. The minimum absolute atomic E-state index is 0.0379. The molecule has 27 heavy (non-hydrogen) atoms. The Hall–Kier alpha value is -2.10. The minimum Gasteiger partial charge on any atom is -0.446 e. The maximum atomic E-state index is 13.0. The molecule has 3 rings (SSSR count). The highest BCUT2D eigenvalue weighted by Crippen LogP contribution is 2.37. The first-order valence-corrected chi connectivity index (χ1v) is 10.1. The van der Waals surface area contributed by atoms with Gasteiger partial charge in [-0.3, -0.25) is 9.69 Å². The molecule has 1 amide bonds. The van der Waals surface area contributed by atoms with E-state index in [0.29, 0.717) is 24.2 Å². The zero-order chi connectivity index (χ0) is 19.6. The summed E-state index contributed by atoms with van der Waals surface area (Å²) in [5.74, 6) is 1.50. The molecular weight excluding hydrogens is 338 g/mol. The summed E-state index contributed by atoms with van der Waals surface area (Å²) in [6.45, 7) is 8.66. The zero-order valence-corrected chi connectivity index (χ0v) is 16.9. The second-order valence-corrected chi connectivity index (χ2v) is 8.57. The summed E-state index contributed by atoms with van der Waals surface area (Å²) in [5, 5.41) is 0. The fraction of sp³-hybridized carbons (Fsp3) is 0.565. The number of benzene rings is 1. The van der Waals surface area contributed by atoms with Crippen molar-refractivity contribution in [2.45, 2.75) is 65.5 Å². The average molecular weight is 370 g/mol. The number of ether oxygens (including phenoxy) is 1. The number of rotatable bonds is 3. The summed E-state index contributed by atoms with van der Waals surface area (Å²) in [7, 11) is 0. The predicted molar refractivity (Wildman–Crippen MR) is 106 cm³/mol. The fourth-order valence-electron chi connectivity index (χ4n) is 4.32. The quantitative estimate of drug-likeness (QED) is 0.714. The molecule has 4 nitrogen and oxygen atoms in total. The summed E-state index contributed by atoms with van der Waals surface area (Å²) >= 11 is 0. The molecule has 0 spiro atoms. The normalized spacial score (nSPS) is 28.5. The smallest absolute Gasteiger partial charge is 0.414 e. The third-order valence-electron chi connectivity index (χ3n) is 6.04. The van der Waals surface area contributed by atoms with Gasteiger partial charge in [-0.15, -0.1) is 0 Å². The highest BCUT2D eigenvalue weighted by molar-refractivity contribution is 5.92. The van der Waals surface area contributed by atoms with E-state index in [0.717, 1.165) is 24.0 Å². The minimum atomic E-state index is -0.339. The lowest BCUT2D eigenvalue weighted by atomic mass is 9.75. The molecule has 1 aromatic rings. The Morgan fingerprint density at radius 3 is 2.56 bits per heavy atom. The van der Waals surface area contributed by atoms with Gasteiger partial charge in [0.05, 0.1) is 6.04 Å². The van der Waals surface area contributed by atoms with E-state index in [4.69, 9.17) is 4.74 Å². The second-order valence-electron chi connectivity index (χ2n) is 8.57. The molecule has 1 heterocycles. The van der Waals surface area contributed by atoms with Gasteiger partial charge in [-0.05, 0) is 49.2 Å². The van der Waals surface area contributed by atoms with Gasteiger partial charge in [-0.1, -0.05) is 57.0 Å². The van der Waals surface area contributed by atoms with Gasteiger partial charge in [0.25, 0.3) is 0 Å². The van der Waals surface area contributed by atoms with Gasteiger partial charge in [0.15, 0.2) is 5.78 Å². The van der Waals surface area contributed by atoms with Crippen molar-refractivity contribution in [2.24, 2.45) is 17.8 Å². The Bertz CT molecular complexity index is 707. The Labute approximate surface area is 162 Å². The first kappa shape index (κ1) is 19.7. The van der Waals surface area contributed by atoms with E-state index in [1.807, 2.05) is 31.2 Å². The number of hydrogen-bond donors (Lipinski definition) is 0. The number of allylic oxidation sites excluding steroid dienone is 1. The van der Waals surface area contributed by atoms with Gasteiger partial charge < -0.3 is 4.74 Å². The lowest BCUT2D eigenvalue weighted by Gasteiger charge is -2.38. The largest absolute Gasteiger partial charge is 0.446 e. The predicted octanol–water partition coefficient (Wildman–Crippen LogP) is 5.42. The summed E-state index contributed by atoms with van der Waals surface area (Å²) in [5.41, 5.74) is 2.12. The maximum absolute atomic E-state index is 13.0. The second kappa shape index (κ2) is 8.28. The Kier molecular flexibility index (Phi) is 6.03. The summed E-state index contributed by atoms with van der Waals surface area (Å²) < 4.78 is 6.01. The molecule has 4 atom stereocenters. The standard InChI is InChI=1S/C23H31NO3/c1-15(2)20-10-7-17(4)13-22(20)27-23(26)24-12-11-19(25)14-21(24)18-8-5-16(3)6-9-18/h5-6,8-9,11-12,15,17,20-22H,7,10,13-14H2,1-4H3/t17-,20+,21+,22-/m1/s1. The molecule has 1 fully saturated rings. The average Bonchev–Trinajstić information content (AvgIpc) is 2.62. The van der Waals surface area contributed by atoms with Crippen molar-refractivity contribution in [3.8, 4) is 0 Å². The van der Waals surface area contributed by atoms with Crippen molar-refractivity contribution >= 4 is 11.9 Å². The van der Waals surface area contributed by atoms with Crippen LogP contribution in [-0.2, 0) is 9.53 Å². The molecule has 0 N–H and O–H groups in total. The summed E-state index contributed by atoms with van der Waals surface area (Å²) in [4.78, 5) is 26.6. The van der Waals surface area contributed by atoms with E-state index in [1.165, 1.54) is 12.5 Å². The van der Waals surface area contributed by atoms with Crippen molar-refractivity contribution < 1.29 is 14.3 Å². The van der Waals surface area contributed by atoms with Crippen LogP contribution in [0.15, 0.2) is 36.5 Å². The molecule has 2 aliphatic rings. The molecule has 4 heteroatoms. The van der Waals surface area contributed by atoms with E-state index in [2.05, 4.69) is 20.8 Å². The van der Waals surface area contributed by atoms with Crippen molar-refractivity contribution in [1.82, 2.24) is 4.90 Å². The molecule has 1 aromatic carbocycles. The lowest BCUT2D eigenvalue weighted by Crippen LogP contribution is -2.41. The van der Waals surface area contributed by atoms with Gasteiger partial charge in [-0.25, -0.2) is 4.79 Å². The van der Waals surface area contributed by atoms with Gasteiger partial charge in [0.1, 0.15) is 6.10 Å². The first-order valence-electron chi connectivity index (χ1n) is 10.1. The molecule has 0 radical (unpaired) electrons. The topological polar surface area (TPSA) is 46.6 Å². The van der Waals surface area contributed by atoms with Crippen LogP contribution in [0.4, 0.5) is 4.79 Å². The molecule has 1 aliphatic heterocycles. The van der Waals surface area contributed by atoms with Gasteiger partial charge in [-0.2, -0.15) is 0 Å². The highest BCUT2D eigenvalue weighted by Gasteiger charge is 2.36. The highest BCUT2D eigenvalue weighted by atomic mass is 16.6. The van der Waals surface area contributed by atoms with Gasteiger partial charge >= 0.3 is 6.09 Å². The number of carbonyl (C=O) groups is 2. The molecule has 0 bridgehead atoms. The van der Waals surface area contributed by atoms with Crippen molar-refractivity contribution in [3.63, 3.8) is 0 Å². The number of aryl methyl sites for hydroxylation is 1. The van der Waals surface area contributed by atoms with Gasteiger partial charge in [0.2, 0.25) is 0 Å². The maximum Gasteiger partial charge on any atom is 0.414 e. The number of nitrogens with zero attached hydrogens (tertiary/aromatic N) is 1. The molecule has 0 unspecified atom stereocenters. The Morgan fingerprint density at radius 1 is 1.19 bits per heavy atom.